The van der Waals surface area contributed by atoms with E-state index >= 15 is 0 Å². The lowest BCUT2D eigenvalue weighted by molar-refractivity contribution is -0.0799. The zero-order valence-corrected chi connectivity index (χ0v) is 12.0. The molecular formula is C15H24N2O2. The highest BCUT2D eigenvalue weighted by Crippen LogP contribution is 2.25. The molecule has 0 amide bonds. The van der Waals surface area contributed by atoms with Crippen molar-refractivity contribution in [1.82, 2.24) is 4.90 Å². The van der Waals surface area contributed by atoms with Crippen LogP contribution < -0.4 is 10.5 Å². The molecule has 0 saturated carbocycles. The van der Waals surface area contributed by atoms with Crippen LogP contribution in [-0.4, -0.2) is 43.9 Å². The molecule has 3 atom stereocenters. The van der Waals surface area contributed by atoms with Crippen LogP contribution in [0, 0.1) is 0 Å². The molecule has 0 aliphatic carbocycles. The first-order valence-electron chi connectivity index (χ1n) is 6.87. The molecule has 106 valence electrons. The maximum atomic E-state index is 5.98. The van der Waals surface area contributed by atoms with Gasteiger partial charge in [0.05, 0.1) is 19.3 Å². The van der Waals surface area contributed by atoms with Crippen LogP contribution in [0.2, 0.25) is 0 Å². The molecule has 1 aliphatic heterocycles. The van der Waals surface area contributed by atoms with E-state index in [0.717, 1.165) is 18.8 Å². The minimum atomic E-state index is 0.250. The lowest BCUT2D eigenvalue weighted by atomic mass is 10.0. The predicted octanol–water partition coefficient (Wildman–Crippen LogP) is 1.80. The normalized spacial score (nSPS) is 26.1. The van der Waals surface area contributed by atoms with Crippen LogP contribution in [0.25, 0.3) is 0 Å². The maximum Gasteiger partial charge on any atom is 0.118 e. The van der Waals surface area contributed by atoms with Crippen molar-refractivity contribution in [3.8, 4) is 5.75 Å². The molecule has 4 nitrogen and oxygen atoms in total. The van der Waals surface area contributed by atoms with Gasteiger partial charge in [0.1, 0.15) is 5.75 Å². The highest BCUT2D eigenvalue weighted by atomic mass is 16.5. The summed E-state index contributed by atoms with van der Waals surface area (Å²) in [5, 5.41) is 0. The monoisotopic (exact) mass is 264 g/mol. The highest BCUT2D eigenvalue weighted by molar-refractivity contribution is 5.29. The van der Waals surface area contributed by atoms with Crippen molar-refractivity contribution in [1.29, 1.82) is 0 Å². The topological polar surface area (TPSA) is 47.7 Å². The van der Waals surface area contributed by atoms with Gasteiger partial charge < -0.3 is 15.2 Å². The molecule has 19 heavy (non-hydrogen) atoms. The first-order valence-corrected chi connectivity index (χ1v) is 6.87. The lowest BCUT2D eigenvalue weighted by Crippen LogP contribution is -2.48. The summed E-state index contributed by atoms with van der Waals surface area (Å²) in [5.41, 5.74) is 7.22. The average molecular weight is 264 g/mol. The molecular weight excluding hydrogens is 240 g/mol. The van der Waals surface area contributed by atoms with E-state index in [-0.39, 0.29) is 18.2 Å². The van der Waals surface area contributed by atoms with E-state index in [0.29, 0.717) is 6.54 Å². The fourth-order valence-electron chi connectivity index (χ4n) is 2.79. The van der Waals surface area contributed by atoms with Gasteiger partial charge in [-0.15, -0.1) is 0 Å². The zero-order chi connectivity index (χ0) is 13.8. The molecule has 4 heteroatoms. The first-order chi connectivity index (χ1) is 9.13. The van der Waals surface area contributed by atoms with Gasteiger partial charge in [-0.25, -0.2) is 0 Å². The molecule has 2 rings (SSSR count). The van der Waals surface area contributed by atoms with Gasteiger partial charge in [-0.05, 0) is 31.5 Å². The minimum Gasteiger partial charge on any atom is -0.497 e. The van der Waals surface area contributed by atoms with Crippen LogP contribution in [0.3, 0.4) is 0 Å². The van der Waals surface area contributed by atoms with Crippen LogP contribution in [0.15, 0.2) is 24.3 Å². The molecule has 0 aromatic heterocycles. The second-order valence-electron chi connectivity index (χ2n) is 5.24. The number of hydrogen-bond donors (Lipinski definition) is 1. The van der Waals surface area contributed by atoms with Crippen molar-refractivity contribution in [2.24, 2.45) is 5.73 Å². The molecule has 0 bridgehead atoms. The number of nitrogens with two attached hydrogens (primary N) is 1. The van der Waals surface area contributed by atoms with Gasteiger partial charge in [0, 0.05) is 25.7 Å². The van der Waals surface area contributed by atoms with Crippen LogP contribution in [0.1, 0.15) is 25.5 Å². The molecule has 1 aliphatic rings. The lowest BCUT2D eigenvalue weighted by Gasteiger charge is -2.40. The molecule has 2 N–H and O–H groups in total. The molecule has 0 radical (unpaired) electrons. The molecule has 0 unspecified atom stereocenters. The Morgan fingerprint density at radius 2 is 1.84 bits per heavy atom. The Bertz CT molecular complexity index is 384. The zero-order valence-electron chi connectivity index (χ0n) is 12.0. The molecule has 0 spiro atoms. The smallest absolute Gasteiger partial charge is 0.118 e. The largest absolute Gasteiger partial charge is 0.497 e. The number of rotatable bonds is 4. The maximum absolute atomic E-state index is 5.98. The standard InChI is InChI=1S/C15H24N2O2/c1-11-9-17(10-12(2)19-11)15(8-16)13-4-6-14(18-3)7-5-13/h4-7,11-12,15H,8-10,16H2,1-3H3/t11-,12-,15+/m1/s1. The van der Waals surface area contributed by atoms with Crippen LogP contribution in [0.5, 0.6) is 5.75 Å². The quantitative estimate of drug-likeness (QED) is 0.901. The Labute approximate surface area is 115 Å². The van der Waals surface area contributed by atoms with Crippen molar-refractivity contribution in [3.05, 3.63) is 29.8 Å². The number of hydrogen-bond acceptors (Lipinski definition) is 4. The predicted molar refractivity (Wildman–Crippen MR) is 76.4 cm³/mol. The van der Waals surface area contributed by atoms with Crippen LogP contribution in [-0.2, 0) is 4.74 Å². The fraction of sp³-hybridized carbons (Fsp3) is 0.600. The fourth-order valence-corrected chi connectivity index (χ4v) is 2.79. The Morgan fingerprint density at radius 1 is 1.26 bits per heavy atom. The van der Waals surface area contributed by atoms with Gasteiger partial charge in [-0.2, -0.15) is 0 Å². The van der Waals surface area contributed by atoms with Crippen molar-refractivity contribution in [3.63, 3.8) is 0 Å². The molecule has 1 aromatic carbocycles. The van der Waals surface area contributed by atoms with Crippen molar-refractivity contribution < 1.29 is 9.47 Å². The number of ether oxygens (including phenoxy) is 2. The van der Waals surface area contributed by atoms with Crippen molar-refractivity contribution in [2.45, 2.75) is 32.1 Å². The Kier molecular flexibility index (Phi) is 4.80. The van der Waals surface area contributed by atoms with E-state index in [1.165, 1.54) is 5.56 Å². The molecule has 1 heterocycles. The van der Waals surface area contributed by atoms with Gasteiger partial charge in [-0.3, -0.25) is 4.90 Å². The summed E-state index contributed by atoms with van der Waals surface area (Å²) in [6, 6.07) is 8.43. The van der Waals surface area contributed by atoms with Crippen LogP contribution >= 0.6 is 0 Å². The van der Waals surface area contributed by atoms with Crippen LogP contribution in [0.4, 0.5) is 0 Å². The van der Waals surface area contributed by atoms with E-state index in [1.54, 1.807) is 7.11 Å². The number of benzene rings is 1. The summed E-state index contributed by atoms with van der Waals surface area (Å²) in [4.78, 5) is 2.42. The third kappa shape index (κ3) is 3.47. The van der Waals surface area contributed by atoms with Gasteiger partial charge in [0.15, 0.2) is 0 Å². The van der Waals surface area contributed by atoms with Gasteiger partial charge >= 0.3 is 0 Å². The minimum absolute atomic E-state index is 0.250. The number of morpholine rings is 1. The summed E-state index contributed by atoms with van der Waals surface area (Å²) >= 11 is 0. The molecule has 1 saturated heterocycles. The molecule has 1 aromatic rings. The third-order valence-electron chi connectivity index (χ3n) is 3.61. The van der Waals surface area contributed by atoms with Crippen molar-refractivity contribution in [2.75, 3.05) is 26.7 Å². The Hall–Kier alpha value is -1.10. The number of nitrogens with zero attached hydrogens (tertiary/aromatic N) is 1. The first kappa shape index (κ1) is 14.3. The molecule has 1 fully saturated rings. The van der Waals surface area contributed by atoms with Gasteiger partial charge in [-0.1, -0.05) is 12.1 Å². The SMILES string of the molecule is COc1ccc([C@H](CN)N2C[C@@H](C)O[C@H](C)C2)cc1. The summed E-state index contributed by atoms with van der Waals surface area (Å²) in [7, 11) is 1.68. The van der Waals surface area contributed by atoms with E-state index in [2.05, 4.69) is 30.9 Å². The van der Waals surface area contributed by atoms with E-state index < -0.39 is 0 Å². The van der Waals surface area contributed by atoms with Crippen molar-refractivity contribution >= 4 is 0 Å². The Balaban J connectivity index is 2.13. The van der Waals surface area contributed by atoms with Gasteiger partial charge in [0.25, 0.3) is 0 Å². The summed E-state index contributed by atoms with van der Waals surface area (Å²) in [6.45, 7) is 6.71. The second kappa shape index (κ2) is 6.37. The van der Waals surface area contributed by atoms with E-state index in [9.17, 15) is 0 Å². The highest BCUT2D eigenvalue weighted by Gasteiger charge is 2.28. The third-order valence-corrected chi connectivity index (χ3v) is 3.61. The number of methoxy groups -OCH3 is 1. The second-order valence-corrected chi connectivity index (χ2v) is 5.24. The summed E-state index contributed by atoms with van der Waals surface area (Å²) in [6.07, 6.45) is 0.520. The van der Waals surface area contributed by atoms with E-state index in [4.69, 9.17) is 15.2 Å². The van der Waals surface area contributed by atoms with Gasteiger partial charge in [0.2, 0.25) is 0 Å². The average Bonchev–Trinajstić information content (AvgIpc) is 2.39. The summed E-state index contributed by atoms with van der Waals surface area (Å²) in [5.74, 6) is 0.878. The van der Waals surface area contributed by atoms with E-state index in [1.807, 2.05) is 12.1 Å². The Morgan fingerprint density at radius 3 is 2.32 bits per heavy atom. The summed E-state index contributed by atoms with van der Waals surface area (Å²) < 4.78 is 11.0.